The van der Waals surface area contributed by atoms with Crippen molar-refractivity contribution in [3.8, 4) is 0 Å². The molecule has 0 fully saturated rings. The lowest BCUT2D eigenvalue weighted by atomic mass is 10.3. The van der Waals surface area contributed by atoms with E-state index in [1.54, 1.807) is 13.1 Å². The van der Waals surface area contributed by atoms with Crippen LogP contribution in [0.3, 0.4) is 0 Å². The second-order valence-corrected chi connectivity index (χ2v) is 3.89. The van der Waals surface area contributed by atoms with E-state index in [0.29, 0.717) is 12.1 Å². The molecule has 1 N–H and O–H groups in total. The third kappa shape index (κ3) is 1.86. The Morgan fingerprint density at radius 1 is 1.60 bits per heavy atom. The van der Waals surface area contributed by atoms with Crippen LogP contribution < -0.4 is 0 Å². The van der Waals surface area contributed by atoms with Crippen LogP contribution in [0.4, 0.5) is 0 Å². The highest BCUT2D eigenvalue weighted by molar-refractivity contribution is 7.05. The Kier molecular flexibility index (Phi) is 2.46. The summed E-state index contributed by atoms with van der Waals surface area (Å²) in [5, 5.41) is 16.7. The highest BCUT2D eigenvalue weighted by Gasteiger charge is 2.15. The second kappa shape index (κ2) is 3.77. The van der Waals surface area contributed by atoms with E-state index in [2.05, 4.69) is 14.7 Å². The first-order valence-corrected chi connectivity index (χ1v) is 4.97. The maximum atomic E-state index is 10.9. The van der Waals surface area contributed by atoms with Gasteiger partial charge < -0.3 is 5.11 Å². The molecule has 0 bridgehead atoms. The molecule has 15 heavy (non-hydrogen) atoms. The zero-order valence-corrected chi connectivity index (χ0v) is 8.73. The predicted molar refractivity (Wildman–Crippen MR) is 52.9 cm³/mol. The maximum Gasteiger partial charge on any atom is 0.354 e. The molecule has 0 radical (unpaired) electrons. The lowest BCUT2D eigenvalue weighted by Crippen LogP contribution is -2.11. The van der Waals surface area contributed by atoms with Crippen LogP contribution in [0.2, 0.25) is 0 Å². The van der Waals surface area contributed by atoms with Gasteiger partial charge in [0.2, 0.25) is 0 Å². The van der Waals surface area contributed by atoms with Gasteiger partial charge in [-0.3, -0.25) is 4.68 Å². The average Bonchev–Trinajstić information content (AvgIpc) is 2.76. The van der Waals surface area contributed by atoms with Gasteiger partial charge >= 0.3 is 5.97 Å². The number of nitrogens with zero attached hydrogens (tertiary/aromatic N) is 4. The lowest BCUT2D eigenvalue weighted by molar-refractivity contribution is 0.0683. The van der Waals surface area contributed by atoms with Crippen molar-refractivity contribution in [2.45, 2.75) is 13.5 Å². The van der Waals surface area contributed by atoms with Crippen molar-refractivity contribution >= 4 is 17.5 Å². The minimum absolute atomic E-state index is 0.211. The fourth-order valence-electron chi connectivity index (χ4n) is 1.28. The fraction of sp³-hybridized carbons (Fsp3) is 0.250. The Morgan fingerprint density at radius 2 is 2.40 bits per heavy atom. The molecule has 0 aliphatic rings. The number of carboxylic acids is 1. The Hall–Kier alpha value is -1.76. The molecule has 0 spiro atoms. The van der Waals surface area contributed by atoms with Crippen molar-refractivity contribution in [3.63, 3.8) is 0 Å². The van der Waals surface area contributed by atoms with Crippen molar-refractivity contribution in [2.24, 2.45) is 0 Å². The Morgan fingerprint density at radius 3 is 3.00 bits per heavy atom. The molecule has 78 valence electrons. The number of carbonyl (C=O) groups is 1. The van der Waals surface area contributed by atoms with E-state index in [4.69, 9.17) is 5.11 Å². The van der Waals surface area contributed by atoms with E-state index in [1.165, 1.54) is 22.4 Å². The van der Waals surface area contributed by atoms with Gasteiger partial charge in [-0.25, -0.2) is 4.79 Å². The number of hydrogen-bond acceptors (Lipinski definition) is 5. The van der Waals surface area contributed by atoms with Crippen LogP contribution in [-0.2, 0) is 6.54 Å². The maximum absolute atomic E-state index is 10.9. The van der Waals surface area contributed by atoms with Crippen LogP contribution in [0.5, 0.6) is 0 Å². The SMILES string of the molecule is Cc1cnn(Cc2cnns2)c1C(=O)O. The molecular weight excluding hydrogens is 216 g/mol. The van der Waals surface area contributed by atoms with Crippen molar-refractivity contribution in [1.82, 2.24) is 19.4 Å². The summed E-state index contributed by atoms with van der Waals surface area (Å²) in [5.41, 5.74) is 0.864. The summed E-state index contributed by atoms with van der Waals surface area (Å²) in [6.07, 6.45) is 3.14. The van der Waals surface area contributed by atoms with Gasteiger partial charge in [0.15, 0.2) is 0 Å². The quantitative estimate of drug-likeness (QED) is 0.833. The van der Waals surface area contributed by atoms with Crippen molar-refractivity contribution in [3.05, 3.63) is 28.5 Å². The van der Waals surface area contributed by atoms with Crippen LogP contribution in [-0.4, -0.2) is 30.4 Å². The molecule has 0 saturated heterocycles. The van der Waals surface area contributed by atoms with Crippen LogP contribution in [0, 0.1) is 6.92 Å². The topological polar surface area (TPSA) is 80.9 Å². The summed E-state index contributed by atoms with van der Waals surface area (Å²) >= 11 is 1.23. The first-order chi connectivity index (χ1) is 7.18. The van der Waals surface area contributed by atoms with Gasteiger partial charge in [-0.15, -0.1) is 5.10 Å². The average molecular weight is 224 g/mol. The van der Waals surface area contributed by atoms with Gasteiger partial charge in [0, 0.05) is 5.56 Å². The molecule has 0 aromatic carbocycles. The fourth-order valence-corrected chi connectivity index (χ4v) is 1.76. The molecule has 2 aromatic rings. The van der Waals surface area contributed by atoms with Crippen molar-refractivity contribution < 1.29 is 9.90 Å². The number of aromatic carboxylic acids is 1. The predicted octanol–water partition coefficient (Wildman–Crippen LogP) is 0.790. The van der Waals surface area contributed by atoms with E-state index in [-0.39, 0.29) is 5.69 Å². The molecule has 2 rings (SSSR count). The molecule has 0 aliphatic heterocycles. The van der Waals surface area contributed by atoms with E-state index in [9.17, 15) is 4.79 Å². The number of aryl methyl sites for hydroxylation is 1. The number of hydrogen-bond donors (Lipinski definition) is 1. The van der Waals surface area contributed by atoms with Gasteiger partial charge in [-0.2, -0.15) is 5.10 Å². The van der Waals surface area contributed by atoms with Crippen LogP contribution in [0.1, 0.15) is 20.9 Å². The highest BCUT2D eigenvalue weighted by Crippen LogP contribution is 2.11. The highest BCUT2D eigenvalue weighted by atomic mass is 32.1. The smallest absolute Gasteiger partial charge is 0.354 e. The standard InChI is InChI=1S/C8H8N4O2S/c1-5-2-10-12(7(5)8(13)14)4-6-3-9-11-15-6/h2-3H,4H2,1H3,(H,13,14). The molecule has 0 saturated carbocycles. The van der Waals surface area contributed by atoms with Crippen molar-refractivity contribution in [2.75, 3.05) is 0 Å². The second-order valence-electron chi connectivity index (χ2n) is 3.02. The molecule has 0 atom stereocenters. The molecule has 0 aliphatic carbocycles. The molecule has 2 heterocycles. The van der Waals surface area contributed by atoms with E-state index in [0.717, 1.165) is 4.88 Å². The molecular formula is C8H8N4O2S. The van der Waals surface area contributed by atoms with Crippen LogP contribution >= 0.6 is 11.5 Å². The molecule has 6 nitrogen and oxygen atoms in total. The number of rotatable bonds is 3. The number of carboxylic acid groups (broad SMARTS) is 1. The Labute approximate surface area is 89.3 Å². The van der Waals surface area contributed by atoms with Gasteiger partial charge in [0.1, 0.15) is 5.69 Å². The third-order valence-electron chi connectivity index (χ3n) is 1.94. The summed E-state index contributed by atoms with van der Waals surface area (Å²) in [6.45, 7) is 2.12. The summed E-state index contributed by atoms with van der Waals surface area (Å²) in [6, 6.07) is 0. The summed E-state index contributed by atoms with van der Waals surface area (Å²) < 4.78 is 5.14. The molecule has 7 heteroatoms. The summed E-state index contributed by atoms with van der Waals surface area (Å²) in [4.78, 5) is 11.8. The van der Waals surface area contributed by atoms with E-state index in [1.807, 2.05) is 0 Å². The minimum atomic E-state index is -0.970. The zero-order valence-electron chi connectivity index (χ0n) is 7.91. The first-order valence-electron chi connectivity index (χ1n) is 4.20. The van der Waals surface area contributed by atoms with E-state index >= 15 is 0 Å². The Balaban J connectivity index is 2.33. The zero-order chi connectivity index (χ0) is 10.8. The molecule has 0 amide bonds. The number of aromatic nitrogens is 4. The van der Waals surface area contributed by atoms with Crippen LogP contribution in [0.25, 0.3) is 0 Å². The minimum Gasteiger partial charge on any atom is -0.477 e. The van der Waals surface area contributed by atoms with Gasteiger partial charge in [0.25, 0.3) is 0 Å². The van der Waals surface area contributed by atoms with Gasteiger partial charge in [0.05, 0.1) is 23.8 Å². The van der Waals surface area contributed by atoms with Crippen molar-refractivity contribution in [1.29, 1.82) is 0 Å². The molecule has 2 aromatic heterocycles. The van der Waals surface area contributed by atoms with Crippen LogP contribution in [0.15, 0.2) is 12.4 Å². The van der Waals surface area contributed by atoms with Gasteiger partial charge in [-0.05, 0) is 18.5 Å². The lowest BCUT2D eigenvalue weighted by Gasteiger charge is -2.01. The monoisotopic (exact) mass is 224 g/mol. The van der Waals surface area contributed by atoms with E-state index < -0.39 is 5.97 Å². The molecule has 0 unspecified atom stereocenters. The first kappa shape index (κ1) is 9.78. The normalized spacial score (nSPS) is 10.5. The third-order valence-corrected chi connectivity index (χ3v) is 2.58. The Bertz CT molecular complexity index is 477. The summed E-state index contributed by atoms with van der Waals surface area (Å²) in [5.74, 6) is -0.970. The van der Waals surface area contributed by atoms with Gasteiger partial charge in [-0.1, -0.05) is 4.49 Å². The largest absolute Gasteiger partial charge is 0.477 e. The summed E-state index contributed by atoms with van der Waals surface area (Å²) in [7, 11) is 0.